The number of halogens is 1. The van der Waals surface area contributed by atoms with Crippen molar-refractivity contribution in [2.45, 2.75) is 45.2 Å². The van der Waals surface area contributed by atoms with Gasteiger partial charge < -0.3 is 4.74 Å². The minimum atomic E-state index is 0.290. The highest BCUT2D eigenvalue weighted by Gasteiger charge is 2.23. The van der Waals surface area contributed by atoms with Crippen molar-refractivity contribution in [2.75, 3.05) is 13.7 Å². The second kappa shape index (κ2) is 7.23. The van der Waals surface area contributed by atoms with Crippen LogP contribution in [0.15, 0.2) is 22.7 Å². The third-order valence-corrected chi connectivity index (χ3v) is 4.49. The van der Waals surface area contributed by atoms with Crippen molar-refractivity contribution in [1.82, 2.24) is 4.90 Å². The number of hydrogen-bond donors (Lipinski definition) is 0. The third-order valence-electron chi connectivity index (χ3n) is 3.87. The first-order valence-electron chi connectivity index (χ1n) is 7.16. The Kier molecular flexibility index (Phi) is 5.61. The lowest BCUT2D eigenvalue weighted by Crippen LogP contribution is -2.39. The van der Waals surface area contributed by atoms with E-state index in [2.05, 4.69) is 33.0 Å². The topological polar surface area (TPSA) is 29.5 Å². The zero-order valence-electron chi connectivity index (χ0n) is 12.2. The maximum atomic E-state index is 11.4. The molecule has 0 saturated carbocycles. The largest absolute Gasteiger partial charge is 0.496 e. The van der Waals surface area contributed by atoms with Crippen molar-refractivity contribution in [3.05, 3.63) is 28.2 Å². The highest BCUT2D eigenvalue weighted by Crippen LogP contribution is 2.28. The molecule has 0 radical (unpaired) electrons. The van der Waals surface area contributed by atoms with E-state index in [1.54, 1.807) is 14.0 Å². The van der Waals surface area contributed by atoms with Crippen molar-refractivity contribution in [2.24, 2.45) is 0 Å². The summed E-state index contributed by atoms with van der Waals surface area (Å²) >= 11 is 3.53. The van der Waals surface area contributed by atoms with Gasteiger partial charge in [-0.15, -0.1) is 0 Å². The maximum absolute atomic E-state index is 11.4. The van der Waals surface area contributed by atoms with Gasteiger partial charge in [-0.1, -0.05) is 12.5 Å². The molecule has 1 fully saturated rings. The smallest absolute Gasteiger partial charge is 0.133 e. The zero-order valence-corrected chi connectivity index (χ0v) is 13.8. The lowest BCUT2D eigenvalue weighted by atomic mass is 9.97. The minimum absolute atomic E-state index is 0.290. The summed E-state index contributed by atoms with van der Waals surface area (Å²) in [7, 11) is 1.67. The zero-order chi connectivity index (χ0) is 14.5. The number of ketones is 1. The van der Waals surface area contributed by atoms with E-state index >= 15 is 0 Å². The molecule has 0 amide bonds. The van der Waals surface area contributed by atoms with E-state index in [0.29, 0.717) is 12.5 Å². The molecule has 1 aromatic rings. The summed E-state index contributed by atoms with van der Waals surface area (Å²) in [6.45, 7) is 3.68. The first-order chi connectivity index (χ1) is 9.60. The Morgan fingerprint density at radius 2 is 2.25 bits per heavy atom. The van der Waals surface area contributed by atoms with Crippen LogP contribution < -0.4 is 4.74 Å². The van der Waals surface area contributed by atoms with E-state index in [1.807, 2.05) is 6.07 Å². The van der Waals surface area contributed by atoms with Gasteiger partial charge in [-0.05, 0) is 59.9 Å². The number of benzene rings is 1. The standard InChI is InChI=1S/C16H22BrNO2/c1-12(19)9-14-5-3-4-8-18(14)11-13-6-7-16(20-2)15(17)10-13/h6-7,10,14H,3-5,8-9,11H2,1-2H3. The quantitative estimate of drug-likeness (QED) is 0.817. The molecule has 0 N–H and O–H groups in total. The summed E-state index contributed by atoms with van der Waals surface area (Å²) in [6, 6.07) is 6.60. The predicted octanol–water partition coefficient (Wildman–Crippen LogP) is 3.79. The van der Waals surface area contributed by atoms with Gasteiger partial charge in [-0.25, -0.2) is 0 Å². The Bertz CT molecular complexity index is 476. The molecule has 1 aliphatic rings. The second-order valence-corrected chi connectivity index (χ2v) is 6.35. The van der Waals surface area contributed by atoms with Crippen LogP contribution in [-0.2, 0) is 11.3 Å². The minimum Gasteiger partial charge on any atom is -0.496 e. The molecule has 1 heterocycles. The molecule has 4 heteroatoms. The van der Waals surface area contributed by atoms with E-state index in [4.69, 9.17) is 4.74 Å². The van der Waals surface area contributed by atoms with Crippen LogP contribution in [0.1, 0.15) is 38.2 Å². The average molecular weight is 340 g/mol. The van der Waals surface area contributed by atoms with E-state index in [1.165, 1.54) is 18.4 Å². The van der Waals surface area contributed by atoms with Crippen molar-refractivity contribution in [1.29, 1.82) is 0 Å². The van der Waals surface area contributed by atoms with Crippen LogP contribution in [0, 0.1) is 0 Å². The number of carbonyl (C=O) groups excluding carboxylic acids is 1. The van der Waals surface area contributed by atoms with Crippen LogP contribution in [0.2, 0.25) is 0 Å². The Morgan fingerprint density at radius 3 is 2.90 bits per heavy atom. The Morgan fingerprint density at radius 1 is 1.45 bits per heavy atom. The number of rotatable bonds is 5. The van der Waals surface area contributed by atoms with Crippen molar-refractivity contribution >= 4 is 21.7 Å². The molecule has 2 rings (SSSR count). The average Bonchev–Trinajstić information content (AvgIpc) is 2.41. The lowest BCUT2D eigenvalue weighted by Gasteiger charge is -2.35. The fourth-order valence-corrected chi connectivity index (χ4v) is 3.46. The van der Waals surface area contributed by atoms with Gasteiger partial charge in [0.1, 0.15) is 11.5 Å². The lowest BCUT2D eigenvalue weighted by molar-refractivity contribution is -0.118. The molecule has 110 valence electrons. The van der Waals surface area contributed by atoms with Crippen LogP contribution in [0.5, 0.6) is 5.75 Å². The molecule has 20 heavy (non-hydrogen) atoms. The second-order valence-electron chi connectivity index (χ2n) is 5.50. The van der Waals surface area contributed by atoms with Crippen molar-refractivity contribution < 1.29 is 9.53 Å². The third kappa shape index (κ3) is 4.06. The number of carbonyl (C=O) groups is 1. The number of nitrogens with zero attached hydrogens (tertiary/aromatic N) is 1. The van der Waals surface area contributed by atoms with Gasteiger partial charge in [0.05, 0.1) is 11.6 Å². The summed E-state index contributed by atoms with van der Waals surface area (Å²) in [5.41, 5.74) is 1.26. The number of ether oxygens (including phenoxy) is 1. The summed E-state index contributed by atoms with van der Waals surface area (Å²) in [5.74, 6) is 1.14. The number of Topliss-reactive ketones (excluding diaryl/α,β-unsaturated/α-hetero) is 1. The number of methoxy groups -OCH3 is 1. The Hall–Kier alpha value is -0.870. The molecule has 1 atom stereocenters. The van der Waals surface area contributed by atoms with Gasteiger partial charge in [0.15, 0.2) is 0 Å². The maximum Gasteiger partial charge on any atom is 0.133 e. The van der Waals surface area contributed by atoms with Crippen LogP contribution in [-0.4, -0.2) is 30.4 Å². The summed E-state index contributed by atoms with van der Waals surface area (Å²) in [6.07, 6.45) is 4.28. The van der Waals surface area contributed by atoms with Crippen molar-refractivity contribution in [3.8, 4) is 5.75 Å². The normalized spacial score (nSPS) is 19.9. The Labute approximate surface area is 129 Å². The summed E-state index contributed by atoms with van der Waals surface area (Å²) < 4.78 is 6.24. The molecule has 1 unspecified atom stereocenters. The van der Waals surface area contributed by atoms with Gasteiger partial charge in [0.25, 0.3) is 0 Å². The van der Waals surface area contributed by atoms with E-state index in [-0.39, 0.29) is 5.78 Å². The van der Waals surface area contributed by atoms with Crippen LogP contribution in [0.25, 0.3) is 0 Å². The molecule has 0 aliphatic carbocycles. The molecule has 0 bridgehead atoms. The van der Waals surface area contributed by atoms with E-state index < -0.39 is 0 Å². The molecule has 3 nitrogen and oxygen atoms in total. The van der Waals surface area contributed by atoms with Gasteiger partial charge in [0.2, 0.25) is 0 Å². The Balaban J connectivity index is 2.06. The SMILES string of the molecule is COc1ccc(CN2CCCCC2CC(C)=O)cc1Br. The molecular formula is C16H22BrNO2. The van der Waals surface area contributed by atoms with E-state index in [0.717, 1.165) is 29.7 Å². The van der Waals surface area contributed by atoms with Gasteiger partial charge >= 0.3 is 0 Å². The first-order valence-corrected chi connectivity index (χ1v) is 7.95. The van der Waals surface area contributed by atoms with Gasteiger partial charge in [-0.3, -0.25) is 9.69 Å². The number of hydrogen-bond acceptors (Lipinski definition) is 3. The van der Waals surface area contributed by atoms with Crippen LogP contribution in [0.3, 0.4) is 0 Å². The molecule has 0 spiro atoms. The monoisotopic (exact) mass is 339 g/mol. The van der Waals surface area contributed by atoms with Crippen molar-refractivity contribution in [3.63, 3.8) is 0 Å². The summed E-state index contributed by atoms with van der Waals surface area (Å²) in [4.78, 5) is 13.8. The number of likely N-dealkylation sites (tertiary alicyclic amines) is 1. The highest BCUT2D eigenvalue weighted by molar-refractivity contribution is 9.10. The van der Waals surface area contributed by atoms with Gasteiger partial charge in [0, 0.05) is 19.0 Å². The van der Waals surface area contributed by atoms with Gasteiger partial charge in [-0.2, -0.15) is 0 Å². The molecule has 0 aromatic heterocycles. The van der Waals surface area contributed by atoms with Crippen LogP contribution in [0.4, 0.5) is 0 Å². The predicted molar refractivity (Wildman–Crippen MR) is 84.0 cm³/mol. The molecule has 1 saturated heterocycles. The fraction of sp³-hybridized carbons (Fsp3) is 0.562. The molecule has 1 aliphatic heterocycles. The van der Waals surface area contributed by atoms with Crippen LogP contribution >= 0.6 is 15.9 Å². The number of piperidine rings is 1. The summed E-state index contributed by atoms with van der Waals surface area (Å²) in [5, 5.41) is 0. The molecule has 1 aromatic carbocycles. The molecular weight excluding hydrogens is 318 g/mol. The first kappa shape index (κ1) is 15.5. The fourth-order valence-electron chi connectivity index (χ4n) is 2.87. The highest BCUT2D eigenvalue weighted by atomic mass is 79.9. The van der Waals surface area contributed by atoms with E-state index in [9.17, 15) is 4.79 Å².